The topological polar surface area (TPSA) is 93.7 Å². The van der Waals surface area contributed by atoms with Gasteiger partial charge in [0, 0.05) is 25.1 Å². The minimum absolute atomic E-state index is 0.102. The molecule has 1 aromatic carbocycles. The Morgan fingerprint density at radius 1 is 1.42 bits per heavy atom. The number of carbonyl (C=O) groups is 2. The summed E-state index contributed by atoms with van der Waals surface area (Å²) in [6, 6.07) is 5.03. The van der Waals surface area contributed by atoms with Crippen molar-refractivity contribution in [3.05, 3.63) is 28.2 Å². The molecular weight excluding hydrogens is 380 g/mol. The van der Waals surface area contributed by atoms with Gasteiger partial charge in [0.25, 0.3) is 0 Å². The maximum Gasteiger partial charge on any atom is 0.231 e. The van der Waals surface area contributed by atoms with E-state index in [4.69, 9.17) is 21.1 Å². The first-order valence-corrected chi connectivity index (χ1v) is 8.97. The minimum atomic E-state index is -0.499. The number of benzene rings is 1. The van der Waals surface area contributed by atoms with Crippen LogP contribution in [0.5, 0.6) is 5.75 Å². The number of hydrogen-bond donors (Lipinski definition) is 1. The highest BCUT2D eigenvalue weighted by Gasteiger charge is 2.36. The Morgan fingerprint density at radius 3 is 2.96 bits per heavy atom. The van der Waals surface area contributed by atoms with E-state index >= 15 is 0 Å². The highest BCUT2D eigenvalue weighted by molar-refractivity contribution is 7.15. The average molecular weight is 397 g/mol. The van der Waals surface area contributed by atoms with E-state index < -0.39 is 5.92 Å². The number of amides is 2. The van der Waals surface area contributed by atoms with E-state index in [2.05, 4.69) is 15.5 Å². The van der Waals surface area contributed by atoms with Crippen LogP contribution >= 0.6 is 22.9 Å². The van der Waals surface area contributed by atoms with Gasteiger partial charge >= 0.3 is 0 Å². The van der Waals surface area contributed by atoms with Crippen molar-refractivity contribution in [2.75, 3.05) is 31.0 Å². The van der Waals surface area contributed by atoms with E-state index in [1.807, 2.05) is 0 Å². The van der Waals surface area contributed by atoms with Crippen LogP contribution in [0.1, 0.15) is 11.4 Å². The van der Waals surface area contributed by atoms with Gasteiger partial charge in [-0.15, -0.1) is 10.2 Å². The maximum absolute atomic E-state index is 12.5. The summed E-state index contributed by atoms with van der Waals surface area (Å²) >= 11 is 7.27. The molecule has 0 aliphatic carbocycles. The van der Waals surface area contributed by atoms with Gasteiger partial charge in [0.05, 0.1) is 18.7 Å². The monoisotopic (exact) mass is 396 g/mol. The van der Waals surface area contributed by atoms with E-state index in [9.17, 15) is 9.59 Å². The van der Waals surface area contributed by atoms with Gasteiger partial charge in [0.15, 0.2) is 0 Å². The average Bonchev–Trinajstić information content (AvgIpc) is 3.21. The predicted molar refractivity (Wildman–Crippen MR) is 97.7 cm³/mol. The number of anilines is 2. The van der Waals surface area contributed by atoms with Gasteiger partial charge in [-0.3, -0.25) is 9.59 Å². The summed E-state index contributed by atoms with van der Waals surface area (Å²) in [7, 11) is 3.08. The second-order valence-electron chi connectivity index (χ2n) is 5.64. The fourth-order valence-corrected chi connectivity index (χ4v) is 3.56. The fraction of sp³-hybridized carbons (Fsp3) is 0.375. The van der Waals surface area contributed by atoms with Crippen molar-refractivity contribution in [1.29, 1.82) is 0 Å². The standard InChI is InChI=1S/C16H17ClN4O4S/c1-24-8-13-19-20-16(26-13)18-15(23)9-5-14(22)21(7-9)11-6-10(17)3-4-12(11)25-2/h3-4,6,9H,5,7-8H2,1-2H3,(H,18,20,23)/t9-/m1/s1. The Kier molecular flexibility index (Phi) is 5.70. The number of nitrogens with one attached hydrogen (secondary N) is 1. The number of rotatable bonds is 6. The van der Waals surface area contributed by atoms with Crippen LogP contribution in [-0.2, 0) is 20.9 Å². The summed E-state index contributed by atoms with van der Waals surface area (Å²) < 4.78 is 10.3. The molecule has 1 N–H and O–H groups in total. The molecule has 8 nitrogen and oxygen atoms in total. The van der Waals surface area contributed by atoms with E-state index in [-0.39, 0.29) is 24.8 Å². The third kappa shape index (κ3) is 3.95. The zero-order valence-corrected chi connectivity index (χ0v) is 15.8. The number of methoxy groups -OCH3 is 2. The van der Waals surface area contributed by atoms with Crippen LogP contribution in [0.2, 0.25) is 5.02 Å². The molecule has 0 radical (unpaired) electrons. The summed E-state index contributed by atoms with van der Waals surface area (Å²) in [4.78, 5) is 26.4. The summed E-state index contributed by atoms with van der Waals surface area (Å²) in [5, 5.41) is 12.1. The van der Waals surface area contributed by atoms with Crippen molar-refractivity contribution in [3.8, 4) is 5.75 Å². The van der Waals surface area contributed by atoms with E-state index in [1.165, 1.54) is 23.3 Å². The van der Waals surface area contributed by atoms with Gasteiger partial charge in [-0.05, 0) is 18.2 Å². The van der Waals surface area contributed by atoms with Crippen molar-refractivity contribution < 1.29 is 19.1 Å². The molecule has 1 fully saturated rings. The SMILES string of the molecule is COCc1nnc(NC(=O)[C@@H]2CC(=O)N(c3cc(Cl)ccc3OC)C2)s1. The molecule has 1 saturated heterocycles. The van der Waals surface area contributed by atoms with Gasteiger partial charge in [0.1, 0.15) is 17.4 Å². The molecule has 26 heavy (non-hydrogen) atoms. The van der Waals surface area contributed by atoms with Crippen molar-refractivity contribution >= 4 is 45.6 Å². The number of ether oxygens (including phenoxy) is 2. The van der Waals surface area contributed by atoms with Gasteiger partial charge in [-0.1, -0.05) is 22.9 Å². The van der Waals surface area contributed by atoms with Crippen molar-refractivity contribution in [2.24, 2.45) is 5.92 Å². The minimum Gasteiger partial charge on any atom is -0.495 e. The van der Waals surface area contributed by atoms with Crippen molar-refractivity contribution in [3.63, 3.8) is 0 Å². The molecule has 1 aromatic heterocycles. The number of halogens is 1. The highest BCUT2D eigenvalue weighted by Crippen LogP contribution is 2.35. The van der Waals surface area contributed by atoms with E-state index in [0.717, 1.165) is 0 Å². The summed E-state index contributed by atoms with van der Waals surface area (Å²) in [6.07, 6.45) is 0.102. The smallest absolute Gasteiger partial charge is 0.231 e. The Bertz CT molecular complexity index is 828. The molecule has 0 unspecified atom stereocenters. The van der Waals surface area contributed by atoms with Crippen LogP contribution in [0.3, 0.4) is 0 Å². The van der Waals surface area contributed by atoms with Crippen LogP contribution in [0, 0.1) is 5.92 Å². The van der Waals surface area contributed by atoms with Crippen molar-refractivity contribution in [1.82, 2.24) is 10.2 Å². The Morgan fingerprint density at radius 2 is 2.23 bits per heavy atom. The molecular formula is C16H17ClN4O4S. The Hall–Kier alpha value is -2.23. The third-order valence-corrected chi connectivity index (χ3v) is 4.94. The van der Waals surface area contributed by atoms with Gasteiger partial charge in [0.2, 0.25) is 16.9 Å². The number of nitrogens with zero attached hydrogens (tertiary/aromatic N) is 3. The molecule has 1 aliphatic rings. The maximum atomic E-state index is 12.5. The van der Waals surface area contributed by atoms with E-state index in [1.54, 1.807) is 25.3 Å². The van der Waals surface area contributed by atoms with Crippen LogP contribution in [0.15, 0.2) is 18.2 Å². The second-order valence-corrected chi connectivity index (χ2v) is 7.14. The lowest BCUT2D eigenvalue weighted by Gasteiger charge is -2.19. The first-order chi connectivity index (χ1) is 12.5. The number of hydrogen-bond acceptors (Lipinski definition) is 7. The second kappa shape index (κ2) is 7.98. The fourth-order valence-electron chi connectivity index (χ4n) is 2.68. The van der Waals surface area contributed by atoms with E-state index in [0.29, 0.717) is 33.2 Å². The van der Waals surface area contributed by atoms with Crippen LogP contribution < -0.4 is 15.0 Å². The molecule has 10 heteroatoms. The summed E-state index contributed by atoms with van der Waals surface area (Å²) in [5.74, 6) is -0.414. The molecule has 2 heterocycles. The predicted octanol–water partition coefficient (Wildman–Crippen LogP) is 2.34. The lowest BCUT2D eigenvalue weighted by molar-refractivity contribution is -0.122. The zero-order valence-electron chi connectivity index (χ0n) is 14.2. The first-order valence-electron chi connectivity index (χ1n) is 7.78. The van der Waals surface area contributed by atoms with Crippen LogP contribution in [0.25, 0.3) is 0 Å². The first kappa shape index (κ1) is 18.6. The quantitative estimate of drug-likeness (QED) is 0.805. The summed E-state index contributed by atoms with van der Waals surface area (Å²) in [5.41, 5.74) is 0.554. The number of carbonyl (C=O) groups excluding carboxylic acids is 2. The lowest BCUT2D eigenvalue weighted by atomic mass is 10.1. The van der Waals surface area contributed by atoms with Gasteiger partial charge in [-0.2, -0.15) is 0 Å². The molecule has 0 saturated carbocycles. The van der Waals surface area contributed by atoms with Gasteiger partial charge < -0.3 is 19.7 Å². The van der Waals surface area contributed by atoms with Crippen LogP contribution in [0.4, 0.5) is 10.8 Å². The Balaban J connectivity index is 1.71. The molecule has 3 rings (SSSR count). The van der Waals surface area contributed by atoms with Gasteiger partial charge in [-0.25, -0.2) is 0 Å². The summed E-state index contributed by atoms with van der Waals surface area (Å²) in [6.45, 7) is 0.572. The molecule has 1 aliphatic heterocycles. The number of aromatic nitrogens is 2. The third-order valence-electron chi connectivity index (χ3n) is 3.89. The zero-order chi connectivity index (χ0) is 18.7. The molecule has 2 amide bonds. The lowest BCUT2D eigenvalue weighted by Crippen LogP contribution is -2.28. The molecule has 0 bridgehead atoms. The van der Waals surface area contributed by atoms with Crippen molar-refractivity contribution in [2.45, 2.75) is 13.0 Å². The Labute approximate surface area is 159 Å². The molecule has 1 atom stereocenters. The highest BCUT2D eigenvalue weighted by atomic mass is 35.5. The van der Waals surface area contributed by atoms with Crippen LogP contribution in [-0.4, -0.2) is 42.8 Å². The normalized spacial score (nSPS) is 16.8. The molecule has 2 aromatic rings. The molecule has 0 spiro atoms. The molecule has 138 valence electrons. The largest absolute Gasteiger partial charge is 0.495 e.